The fourth-order valence-corrected chi connectivity index (χ4v) is 5.53. The first kappa shape index (κ1) is 16.8. The van der Waals surface area contributed by atoms with Crippen molar-refractivity contribution in [1.29, 1.82) is 0 Å². The summed E-state index contributed by atoms with van der Waals surface area (Å²) in [5, 5.41) is 1.08. The molecule has 27 heavy (non-hydrogen) atoms. The molecule has 5 rings (SSSR count). The van der Waals surface area contributed by atoms with Gasteiger partial charge in [0.1, 0.15) is 5.69 Å². The topological polar surface area (TPSA) is 58.2 Å². The van der Waals surface area contributed by atoms with Crippen LogP contribution in [0.3, 0.4) is 0 Å². The van der Waals surface area contributed by atoms with E-state index in [4.69, 9.17) is 4.74 Å². The molecule has 1 N–H and O–H groups in total. The zero-order valence-corrected chi connectivity index (χ0v) is 15.7. The Morgan fingerprint density at radius 2 is 2.07 bits per heavy atom. The molecule has 3 aromatic rings. The van der Waals surface area contributed by atoms with E-state index < -0.39 is 0 Å². The van der Waals surface area contributed by atoms with Gasteiger partial charge >= 0.3 is 0 Å². The molecule has 0 bridgehead atoms. The number of hydrogen-bond acceptors (Lipinski definition) is 4. The maximum Gasteiger partial charge on any atom is 0.270 e. The second-order valence-electron chi connectivity index (χ2n) is 7.42. The number of rotatable bonds is 4. The fourth-order valence-electron chi connectivity index (χ4n) is 3.97. The minimum absolute atomic E-state index is 0.0959. The van der Waals surface area contributed by atoms with Crippen molar-refractivity contribution in [2.24, 2.45) is 0 Å². The third-order valence-corrected chi connectivity index (χ3v) is 6.99. The highest BCUT2D eigenvalue weighted by atomic mass is 32.2. The van der Waals surface area contributed by atoms with Gasteiger partial charge in [-0.2, -0.15) is 0 Å². The van der Waals surface area contributed by atoms with Gasteiger partial charge in [-0.3, -0.25) is 9.78 Å². The Bertz CT molecular complexity index is 933. The number of nitrogens with zero attached hydrogens (tertiary/aromatic N) is 2. The van der Waals surface area contributed by atoms with Gasteiger partial charge in [0.25, 0.3) is 5.91 Å². The van der Waals surface area contributed by atoms with E-state index in [2.05, 4.69) is 9.97 Å². The quantitative estimate of drug-likeness (QED) is 0.754. The Morgan fingerprint density at radius 1 is 1.26 bits per heavy atom. The number of amides is 1. The van der Waals surface area contributed by atoms with E-state index in [0.717, 1.165) is 41.7 Å². The minimum Gasteiger partial charge on any atom is -0.373 e. The van der Waals surface area contributed by atoms with Crippen LogP contribution in [-0.4, -0.2) is 50.5 Å². The lowest BCUT2D eigenvalue weighted by Crippen LogP contribution is -2.60. The number of para-hydroxylation sites is 1. The molecule has 6 heteroatoms. The third kappa shape index (κ3) is 3.24. The first-order chi connectivity index (χ1) is 13.2. The number of hydrogen-bond donors (Lipinski definition) is 1. The van der Waals surface area contributed by atoms with Gasteiger partial charge in [0.15, 0.2) is 0 Å². The van der Waals surface area contributed by atoms with Crippen LogP contribution in [0.1, 0.15) is 22.5 Å². The maximum absolute atomic E-state index is 12.8. The number of aromatic nitrogens is 2. The average Bonchev–Trinajstić information content (AvgIpc) is 3.30. The predicted octanol–water partition coefficient (Wildman–Crippen LogP) is 3.48. The lowest BCUT2D eigenvalue weighted by Gasteiger charge is -2.47. The van der Waals surface area contributed by atoms with Crippen LogP contribution in [0, 0.1) is 0 Å². The molecule has 1 amide bonds. The Kier molecular flexibility index (Phi) is 4.17. The van der Waals surface area contributed by atoms with Crippen molar-refractivity contribution >= 4 is 28.6 Å². The molecule has 4 heterocycles. The molecule has 5 nitrogen and oxygen atoms in total. The summed E-state index contributed by atoms with van der Waals surface area (Å²) in [7, 11) is 0. The fraction of sp³-hybridized carbons (Fsp3) is 0.333. The van der Waals surface area contributed by atoms with Crippen LogP contribution in [0.25, 0.3) is 10.9 Å². The molecule has 2 aromatic heterocycles. The Morgan fingerprint density at radius 3 is 2.89 bits per heavy atom. The smallest absolute Gasteiger partial charge is 0.270 e. The second kappa shape index (κ2) is 6.69. The zero-order valence-electron chi connectivity index (χ0n) is 14.9. The molecule has 0 saturated carbocycles. The van der Waals surface area contributed by atoms with Crippen molar-refractivity contribution in [3.63, 3.8) is 0 Å². The van der Waals surface area contributed by atoms with Gasteiger partial charge < -0.3 is 14.6 Å². The van der Waals surface area contributed by atoms with Crippen molar-refractivity contribution in [2.75, 3.05) is 18.8 Å². The zero-order chi connectivity index (χ0) is 18.3. The van der Waals surface area contributed by atoms with Crippen LogP contribution < -0.4 is 0 Å². The minimum atomic E-state index is 0.0959. The van der Waals surface area contributed by atoms with E-state index in [1.165, 1.54) is 0 Å². The van der Waals surface area contributed by atoms with Crippen LogP contribution in [0.5, 0.6) is 0 Å². The van der Waals surface area contributed by atoms with Crippen molar-refractivity contribution in [1.82, 2.24) is 14.9 Å². The molecule has 1 atom stereocenters. The Hall–Kier alpha value is -2.31. The highest BCUT2D eigenvalue weighted by Crippen LogP contribution is 2.46. The molecule has 2 aliphatic heterocycles. The van der Waals surface area contributed by atoms with Gasteiger partial charge in [-0.05, 0) is 36.2 Å². The monoisotopic (exact) mass is 379 g/mol. The summed E-state index contributed by atoms with van der Waals surface area (Å²) >= 11 is 1.95. The first-order valence-electron chi connectivity index (χ1n) is 9.22. The molecule has 0 unspecified atom stereocenters. The van der Waals surface area contributed by atoms with Crippen molar-refractivity contribution < 1.29 is 9.53 Å². The molecule has 1 aromatic carbocycles. The summed E-state index contributed by atoms with van der Waals surface area (Å²) in [6.45, 7) is 2.24. The number of benzene rings is 1. The van der Waals surface area contributed by atoms with E-state index in [0.29, 0.717) is 12.3 Å². The summed E-state index contributed by atoms with van der Waals surface area (Å²) in [5.41, 5.74) is 2.84. The van der Waals surface area contributed by atoms with E-state index in [1.54, 1.807) is 12.4 Å². The normalized spacial score (nSPS) is 20.9. The van der Waals surface area contributed by atoms with E-state index in [-0.39, 0.29) is 16.8 Å². The van der Waals surface area contributed by atoms with Crippen molar-refractivity contribution in [2.45, 2.75) is 23.9 Å². The summed E-state index contributed by atoms with van der Waals surface area (Å²) < 4.78 is 6.25. The van der Waals surface area contributed by atoms with Crippen LogP contribution in [0.2, 0.25) is 0 Å². The number of H-pyrrole nitrogens is 1. The van der Waals surface area contributed by atoms with E-state index in [1.807, 2.05) is 59.1 Å². The molecule has 2 fully saturated rings. The van der Waals surface area contributed by atoms with Crippen LogP contribution in [0.15, 0.2) is 54.9 Å². The molecule has 0 aliphatic carbocycles. The number of ether oxygens (including phenoxy) is 1. The van der Waals surface area contributed by atoms with E-state index in [9.17, 15) is 4.79 Å². The van der Waals surface area contributed by atoms with Gasteiger partial charge in [-0.15, -0.1) is 11.8 Å². The standard InChI is InChI=1S/C21H21N3O2S/c25-20(19-9-16-3-1-2-4-18(16)23-19)24-13-21(14-24)10-17(12-27-21)26-11-15-5-7-22-8-6-15/h1-9,17,23H,10-14H2/t17-/m1/s1. The first-order valence-corrected chi connectivity index (χ1v) is 10.2. The number of likely N-dealkylation sites (tertiary alicyclic amines) is 1. The summed E-state index contributed by atoms with van der Waals surface area (Å²) in [5.74, 6) is 1.10. The van der Waals surface area contributed by atoms with Crippen LogP contribution in [0.4, 0.5) is 0 Å². The van der Waals surface area contributed by atoms with Crippen LogP contribution >= 0.6 is 11.8 Å². The van der Waals surface area contributed by atoms with Gasteiger partial charge in [0.05, 0.1) is 17.5 Å². The number of nitrogens with one attached hydrogen (secondary N) is 1. The van der Waals surface area contributed by atoms with Crippen LogP contribution in [-0.2, 0) is 11.3 Å². The van der Waals surface area contributed by atoms with Crippen molar-refractivity contribution in [3.05, 3.63) is 66.1 Å². The molecule has 0 radical (unpaired) electrons. The van der Waals surface area contributed by atoms with Gasteiger partial charge in [0, 0.05) is 42.1 Å². The molecular formula is C21H21N3O2S. The molecule has 2 aliphatic rings. The number of thioether (sulfide) groups is 1. The Balaban J connectivity index is 1.17. The highest BCUT2D eigenvalue weighted by molar-refractivity contribution is 8.01. The summed E-state index contributed by atoms with van der Waals surface area (Å²) in [6, 6.07) is 13.9. The second-order valence-corrected chi connectivity index (χ2v) is 8.91. The summed E-state index contributed by atoms with van der Waals surface area (Å²) in [4.78, 5) is 22.0. The number of aromatic amines is 1. The summed E-state index contributed by atoms with van der Waals surface area (Å²) in [6.07, 6.45) is 4.86. The number of carbonyl (C=O) groups is 1. The molecule has 1 spiro atoms. The third-order valence-electron chi connectivity index (χ3n) is 5.42. The number of carbonyl (C=O) groups excluding carboxylic acids is 1. The van der Waals surface area contributed by atoms with Crippen molar-refractivity contribution in [3.8, 4) is 0 Å². The molecule has 2 saturated heterocycles. The maximum atomic E-state index is 12.8. The van der Waals surface area contributed by atoms with Gasteiger partial charge in [-0.25, -0.2) is 0 Å². The Labute approximate surface area is 162 Å². The van der Waals surface area contributed by atoms with Gasteiger partial charge in [0.2, 0.25) is 0 Å². The lowest BCUT2D eigenvalue weighted by atomic mass is 9.92. The largest absolute Gasteiger partial charge is 0.373 e. The molecular weight excluding hydrogens is 358 g/mol. The highest BCUT2D eigenvalue weighted by Gasteiger charge is 2.51. The van der Waals surface area contributed by atoms with Gasteiger partial charge in [-0.1, -0.05) is 18.2 Å². The number of pyridine rings is 1. The average molecular weight is 379 g/mol. The SMILES string of the molecule is O=C(c1cc2ccccc2[nH]1)N1CC2(C[C@@H](OCc3ccncc3)CS2)C1. The van der Waals surface area contributed by atoms with E-state index >= 15 is 0 Å². The lowest BCUT2D eigenvalue weighted by molar-refractivity contribution is 0.0253. The number of fused-ring (bicyclic) bond motifs is 1. The molecule has 138 valence electrons. The predicted molar refractivity (Wildman–Crippen MR) is 107 cm³/mol.